The summed E-state index contributed by atoms with van der Waals surface area (Å²) >= 11 is 0. The van der Waals surface area contributed by atoms with Crippen LogP contribution in [0.1, 0.15) is 31.4 Å². The number of benzene rings is 1. The van der Waals surface area contributed by atoms with Gasteiger partial charge < -0.3 is 20.1 Å². The fraction of sp³-hybridized carbons (Fsp3) is 0.438. The minimum Gasteiger partial charge on any atom is -0.508 e. The van der Waals surface area contributed by atoms with Crippen molar-refractivity contribution < 1.29 is 20.1 Å². The topological polar surface area (TPSA) is 69.9 Å². The van der Waals surface area contributed by atoms with Crippen molar-refractivity contribution in [2.24, 2.45) is 0 Å². The number of aliphatic hydroxyl groups excluding tert-OH is 2. The highest BCUT2D eigenvalue weighted by atomic mass is 16.5. The number of rotatable bonds is 7. The van der Waals surface area contributed by atoms with E-state index in [4.69, 9.17) is 4.74 Å². The van der Waals surface area contributed by atoms with Crippen molar-refractivity contribution >= 4 is 0 Å². The van der Waals surface area contributed by atoms with Crippen LogP contribution in [0, 0.1) is 0 Å². The Labute approximate surface area is 119 Å². The molecule has 0 saturated carbocycles. The molecule has 1 aromatic carbocycles. The van der Waals surface area contributed by atoms with E-state index in [1.54, 1.807) is 44.4 Å². The average Bonchev–Trinajstić information content (AvgIpc) is 2.38. The molecule has 0 aliphatic rings. The first-order valence-electron chi connectivity index (χ1n) is 6.60. The standard InChI is InChI=1S/C16H22O4/c1-12(17)10-13(11-20-2)6-5-9-16(19)14-7-3-4-8-15(14)18/h3-5,7-8,12,16-19H,9-11H2,1-2H3/t6?,12-,16+/m0/s1. The fourth-order valence-corrected chi connectivity index (χ4v) is 1.90. The first kappa shape index (κ1) is 16.5. The molecule has 0 aliphatic carbocycles. The second-order valence-corrected chi connectivity index (χ2v) is 4.75. The highest BCUT2D eigenvalue weighted by molar-refractivity contribution is 5.33. The molecule has 0 bridgehead atoms. The maximum Gasteiger partial charge on any atom is 0.121 e. The van der Waals surface area contributed by atoms with Crippen molar-refractivity contribution in [3.8, 4) is 5.75 Å². The van der Waals surface area contributed by atoms with Crippen LogP contribution in [0.3, 0.4) is 0 Å². The first-order chi connectivity index (χ1) is 9.54. The molecule has 0 saturated heterocycles. The molecular formula is C16H22O4. The molecule has 0 aromatic heterocycles. The lowest BCUT2D eigenvalue weighted by atomic mass is 10.0. The molecule has 110 valence electrons. The van der Waals surface area contributed by atoms with Gasteiger partial charge in [-0.3, -0.25) is 0 Å². The van der Waals surface area contributed by atoms with Crippen LogP contribution in [0.25, 0.3) is 0 Å². The van der Waals surface area contributed by atoms with E-state index in [9.17, 15) is 15.3 Å². The Morgan fingerprint density at radius 3 is 2.65 bits per heavy atom. The quantitative estimate of drug-likeness (QED) is 0.669. The van der Waals surface area contributed by atoms with Gasteiger partial charge in [0.2, 0.25) is 0 Å². The smallest absolute Gasteiger partial charge is 0.121 e. The molecule has 3 N–H and O–H groups in total. The van der Waals surface area contributed by atoms with E-state index >= 15 is 0 Å². The summed E-state index contributed by atoms with van der Waals surface area (Å²) in [4.78, 5) is 0. The van der Waals surface area contributed by atoms with Gasteiger partial charge in [-0.05, 0) is 24.6 Å². The third-order valence-electron chi connectivity index (χ3n) is 2.80. The number of para-hydroxylation sites is 1. The molecule has 0 aliphatic heterocycles. The Hall–Kier alpha value is -1.58. The van der Waals surface area contributed by atoms with Crippen LogP contribution in [-0.4, -0.2) is 35.1 Å². The zero-order valence-electron chi connectivity index (χ0n) is 11.9. The monoisotopic (exact) mass is 278 g/mol. The molecule has 0 spiro atoms. The van der Waals surface area contributed by atoms with Crippen molar-refractivity contribution in [1.29, 1.82) is 0 Å². The van der Waals surface area contributed by atoms with Gasteiger partial charge >= 0.3 is 0 Å². The molecule has 1 rings (SSSR count). The number of aliphatic hydroxyl groups is 2. The molecule has 20 heavy (non-hydrogen) atoms. The van der Waals surface area contributed by atoms with Crippen molar-refractivity contribution in [3.05, 3.63) is 47.2 Å². The van der Waals surface area contributed by atoms with E-state index in [2.05, 4.69) is 5.73 Å². The number of hydrogen-bond acceptors (Lipinski definition) is 4. The van der Waals surface area contributed by atoms with Crippen LogP contribution in [0.4, 0.5) is 0 Å². The zero-order valence-corrected chi connectivity index (χ0v) is 11.9. The summed E-state index contributed by atoms with van der Waals surface area (Å²) in [6.45, 7) is 2.10. The van der Waals surface area contributed by atoms with Crippen molar-refractivity contribution in [3.63, 3.8) is 0 Å². The number of methoxy groups -OCH3 is 1. The molecule has 1 aromatic rings. The summed E-state index contributed by atoms with van der Waals surface area (Å²) in [6, 6.07) is 6.70. The second-order valence-electron chi connectivity index (χ2n) is 4.75. The van der Waals surface area contributed by atoms with Gasteiger partial charge in [0.15, 0.2) is 0 Å². The van der Waals surface area contributed by atoms with Gasteiger partial charge in [0.05, 0.1) is 18.8 Å². The van der Waals surface area contributed by atoms with E-state index in [1.165, 1.54) is 0 Å². The Bertz CT molecular complexity index is 473. The summed E-state index contributed by atoms with van der Waals surface area (Å²) in [6.07, 6.45) is 1.29. The number of aromatic hydroxyl groups is 1. The summed E-state index contributed by atoms with van der Waals surface area (Å²) in [5, 5.41) is 29.0. The van der Waals surface area contributed by atoms with Gasteiger partial charge in [0, 0.05) is 25.5 Å². The maximum atomic E-state index is 10.0. The lowest BCUT2D eigenvalue weighted by Gasteiger charge is -2.09. The molecule has 0 amide bonds. The van der Waals surface area contributed by atoms with Crippen LogP contribution in [0.5, 0.6) is 5.75 Å². The van der Waals surface area contributed by atoms with E-state index < -0.39 is 12.2 Å². The van der Waals surface area contributed by atoms with Crippen LogP contribution >= 0.6 is 0 Å². The van der Waals surface area contributed by atoms with Crippen LogP contribution in [0.15, 0.2) is 41.6 Å². The highest BCUT2D eigenvalue weighted by Gasteiger charge is 2.09. The predicted molar refractivity (Wildman–Crippen MR) is 77.5 cm³/mol. The minimum absolute atomic E-state index is 0.0819. The van der Waals surface area contributed by atoms with Gasteiger partial charge in [-0.25, -0.2) is 0 Å². The zero-order chi connectivity index (χ0) is 15.0. The molecule has 0 unspecified atom stereocenters. The number of phenols is 1. The van der Waals surface area contributed by atoms with E-state index in [1.807, 2.05) is 0 Å². The number of hydrogen-bond donors (Lipinski definition) is 3. The Balaban J connectivity index is 2.72. The van der Waals surface area contributed by atoms with Crippen LogP contribution < -0.4 is 0 Å². The van der Waals surface area contributed by atoms with E-state index in [0.717, 1.165) is 5.57 Å². The normalized spacial score (nSPS) is 13.4. The number of phenolic OH excluding ortho intramolecular Hbond substituents is 1. The molecular weight excluding hydrogens is 256 g/mol. The Morgan fingerprint density at radius 1 is 1.35 bits per heavy atom. The highest BCUT2D eigenvalue weighted by Crippen LogP contribution is 2.25. The summed E-state index contributed by atoms with van der Waals surface area (Å²) in [5.74, 6) is 0.0819. The second kappa shape index (κ2) is 8.56. The van der Waals surface area contributed by atoms with E-state index in [-0.39, 0.29) is 5.75 Å². The number of ether oxygens (including phenoxy) is 1. The third kappa shape index (κ3) is 5.59. The van der Waals surface area contributed by atoms with Gasteiger partial charge in [-0.15, -0.1) is 5.73 Å². The lowest BCUT2D eigenvalue weighted by molar-refractivity contribution is 0.176. The van der Waals surface area contributed by atoms with Gasteiger partial charge in [0.1, 0.15) is 5.75 Å². The van der Waals surface area contributed by atoms with E-state index in [0.29, 0.717) is 25.0 Å². The SMILES string of the molecule is COCC(=C=CC[C@@H](O)c1ccccc1O)C[C@H](C)O. The molecule has 0 radical (unpaired) electrons. The first-order valence-corrected chi connectivity index (χ1v) is 6.60. The Morgan fingerprint density at radius 2 is 2.05 bits per heavy atom. The van der Waals surface area contributed by atoms with Crippen LogP contribution in [-0.2, 0) is 4.74 Å². The summed E-state index contributed by atoms with van der Waals surface area (Å²) in [7, 11) is 1.58. The maximum absolute atomic E-state index is 10.0. The van der Waals surface area contributed by atoms with Crippen molar-refractivity contribution in [2.75, 3.05) is 13.7 Å². The molecule has 0 fully saturated rings. The van der Waals surface area contributed by atoms with Gasteiger partial charge in [-0.1, -0.05) is 18.2 Å². The van der Waals surface area contributed by atoms with Crippen molar-refractivity contribution in [2.45, 2.75) is 32.0 Å². The summed E-state index contributed by atoms with van der Waals surface area (Å²) < 4.78 is 5.03. The van der Waals surface area contributed by atoms with Gasteiger partial charge in [0.25, 0.3) is 0 Å². The Kier molecular flexibility index (Phi) is 7.05. The molecule has 0 heterocycles. The van der Waals surface area contributed by atoms with Crippen molar-refractivity contribution in [1.82, 2.24) is 0 Å². The minimum atomic E-state index is -0.779. The lowest BCUT2D eigenvalue weighted by Crippen LogP contribution is -2.04. The average molecular weight is 278 g/mol. The predicted octanol–water partition coefficient (Wildman–Crippen LogP) is 2.31. The molecule has 2 atom stereocenters. The summed E-state index contributed by atoms with van der Waals surface area (Å²) in [5.41, 5.74) is 4.37. The third-order valence-corrected chi connectivity index (χ3v) is 2.80. The fourth-order valence-electron chi connectivity index (χ4n) is 1.90. The van der Waals surface area contributed by atoms with Gasteiger partial charge in [-0.2, -0.15) is 0 Å². The van der Waals surface area contributed by atoms with Crippen LogP contribution in [0.2, 0.25) is 0 Å². The molecule has 4 nitrogen and oxygen atoms in total. The largest absolute Gasteiger partial charge is 0.508 e. The molecule has 4 heteroatoms.